The zero-order chi connectivity index (χ0) is 14.0. The Bertz CT molecular complexity index is 570. The van der Waals surface area contributed by atoms with Gasteiger partial charge in [-0.2, -0.15) is 0 Å². The van der Waals surface area contributed by atoms with Crippen molar-refractivity contribution >= 4 is 11.4 Å². The van der Waals surface area contributed by atoms with Gasteiger partial charge in [0, 0.05) is 23.9 Å². The van der Waals surface area contributed by atoms with Crippen LogP contribution < -0.4 is 5.32 Å². The first-order valence-electron chi connectivity index (χ1n) is 6.40. The van der Waals surface area contributed by atoms with Crippen molar-refractivity contribution in [2.24, 2.45) is 0 Å². The molecule has 1 aliphatic rings. The SMILES string of the molecule is C=C(C)Nc1ncc(C2=CCC(F)C=C2C)cc1C. The van der Waals surface area contributed by atoms with Gasteiger partial charge in [0.05, 0.1) is 0 Å². The summed E-state index contributed by atoms with van der Waals surface area (Å²) >= 11 is 0. The van der Waals surface area contributed by atoms with Gasteiger partial charge in [0.15, 0.2) is 0 Å². The van der Waals surface area contributed by atoms with Gasteiger partial charge in [-0.25, -0.2) is 9.37 Å². The second kappa shape index (κ2) is 5.39. The highest BCUT2D eigenvalue weighted by Crippen LogP contribution is 2.30. The molecule has 2 rings (SSSR count). The van der Waals surface area contributed by atoms with Gasteiger partial charge in [0.25, 0.3) is 0 Å². The highest BCUT2D eigenvalue weighted by Gasteiger charge is 2.14. The fraction of sp³-hybridized carbons (Fsp3) is 0.312. The molecule has 0 amide bonds. The van der Waals surface area contributed by atoms with E-state index in [1.54, 1.807) is 6.08 Å². The summed E-state index contributed by atoms with van der Waals surface area (Å²) in [5.41, 5.74) is 4.99. The van der Waals surface area contributed by atoms with E-state index in [0.717, 1.165) is 33.8 Å². The Kier molecular flexibility index (Phi) is 3.84. The summed E-state index contributed by atoms with van der Waals surface area (Å²) in [5, 5.41) is 3.12. The number of allylic oxidation sites excluding steroid dienone is 5. The summed E-state index contributed by atoms with van der Waals surface area (Å²) in [6, 6.07) is 2.07. The average molecular weight is 258 g/mol. The molecule has 0 bridgehead atoms. The van der Waals surface area contributed by atoms with Crippen LogP contribution in [0.25, 0.3) is 5.57 Å². The van der Waals surface area contributed by atoms with Crippen molar-refractivity contribution in [3.63, 3.8) is 0 Å². The Hall–Kier alpha value is -1.90. The van der Waals surface area contributed by atoms with E-state index in [9.17, 15) is 4.39 Å². The lowest BCUT2D eigenvalue weighted by Crippen LogP contribution is -2.04. The smallest absolute Gasteiger partial charge is 0.132 e. The standard InChI is InChI=1S/C16H19FN2/c1-10(2)19-16-12(4)7-13(9-18-16)15-6-5-14(17)8-11(15)3/h6-9,14H,1,5H2,2-4H3,(H,18,19). The molecule has 19 heavy (non-hydrogen) atoms. The lowest BCUT2D eigenvalue weighted by Gasteiger charge is -2.16. The van der Waals surface area contributed by atoms with Crippen LogP contribution in [-0.2, 0) is 0 Å². The first kappa shape index (κ1) is 13.5. The molecule has 1 unspecified atom stereocenters. The number of aryl methyl sites for hydroxylation is 1. The molecular formula is C16H19FN2. The van der Waals surface area contributed by atoms with Gasteiger partial charge in [-0.1, -0.05) is 12.7 Å². The first-order valence-corrected chi connectivity index (χ1v) is 6.40. The zero-order valence-corrected chi connectivity index (χ0v) is 11.6. The Labute approximate surface area is 113 Å². The predicted octanol–water partition coefficient (Wildman–Crippen LogP) is 4.41. The van der Waals surface area contributed by atoms with E-state index >= 15 is 0 Å². The van der Waals surface area contributed by atoms with Crippen molar-refractivity contribution in [2.75, 3.05) is 5.32 Å². The molecule has 1 aromatic rings. The van der Waals surface area contributed by atoms with E-state index in [2.05, 4.69) is 22.9 Å². The maximum Gasteiger partial charge on any atom is 0.132 e. The van der Waals surface area contributed by atoms with E-state index in [1.807, 2.05) is 33.0 Å². The van der Waals surface area contributed by atoms with E-state index in [1.165, 1.54) is 0 Å². The van der Waals surface area contributed by atoms with E-state index in [0.29, 0.717) is 6.42 Å². The van der Waals surface area contributed by atoms with Crippen molar-refractivity contribution in [3.8, 4) is 0 Å². The third-order valence-corrected chi connectivity index (χ3v) is 3.12. The Morgan fingerprint density at radius 3 is 2.79 bits per heavy atom. The van der Waals surface area contributed by atoms with Crippen LogP contribution in [0.3, 0.4) is 0 Å². The fourth-order valence-electron chi connectivity index (χ4n) is 2.22. The maximum atomic E-state index is 13.3. The molecule has 0 radical (unpaired) electrons. The number of nitrogens with zero attached hydrogens (tertiary/aromatic N) is 1. The molecule has 0 aliphatic heterocycles. The zero-order valence-electron chi connectivity index (χ0n) is 11.6. The van der Waals surface area contributed by atoms with Crippen LogP contribution in [0.4, 0.5) is 10.2 Å². The monoisotopic (exact) mass is 258 g/mol. The number of pyridine rings is 1. The second-order valence-corrected chi connectivity index (χ2v) is 5.01. The Morgan fingerprint density at radius 1 is 1.47 bits per heavy atom. The lowest BCUT2D eigenvalue weighted by atomic mass is 9.92. The van der Waals surface area contributed by atoms with Gasteiger partial charge >= 0.3 is 0 Å². The van der Waals surface area contributed by atoms with Crippen molar-refractivity contribution in [3.05, 3.63) is 53.4 Å². The molecular weight excluding hydrogens is 239 g/mol. The van der Waals surface area contributed by atoms with Gasteiger partial charge in [-0.15, -0.1) is 0 Å². The highest BCUT2D eigenvalue weighted by molar-refractivity contribution is 5.80. The number of aromatic nitrogens is 1. The van der Waals surface area contributed by atoms with Gasteiger partial charge in [0.1, 0.15) is 12.0 Å². The van der Waals surface area contributed by atoms with Crippen LogP contribution in [0.5, 0.6) is 0 Å². The van der Waals surface area contributed by atoms with Crippen LogP contribution in [0.2, 0.25) is 0 Å². The van der Waals surface area contributed by atoms with Gasteiger partial charge in [0.2, 0.25) is 0 Å². The second-order valence-electron chi connectivity index (χ2n) is 5.01. The van der Waals surface area contributed by atoms with E-state index in [-0.39, 0.29) is 0 Å². The number of alkyl halides is 1. The average Bonchev–Trinajstić information content (AvgIpc) is 2.31. The summed E-state index contributed by atoms with van der Waals surface area (Å²) in [6.07, 6.45) is 5.02. The molecule has 1 N–H and O–H groups in total. The largest absolute Gasteiger partial charge is 0.344 e. The Balaban J connectivity index is 2.30. The first-order chi connectivity index (χ1) is 8.97. The normalized spacial score (nSPS) is 18.6. The fourth-order valence-corrected chi connectivity index (χ4v) is 2.22. The van der Waals surface area contributed by atoms with Gasteiger partial charge in [-0.3, -0.25) is 0 Å². The number of hydrogen-bond acceptors (Lipinski definition) is 2. The van der Waals surface area contributed by atoms with Crippen molar-refractivity contribution in [1.82, 2.24) is 4.98 Å². The molecule has 0 spiro atoms. The molecule has 0 saturated carbocycles. The Morgan fingerprint density at radius 2 is 2.21 bits per heavy atom. The van der Waals surface area contributed by atoms with Gasteiger partial charge < -0.3 is 5.32 Å². The number of halogens is 1. The third-order valence-electron chi connectivity index (χ3n) is 3.12. The minimum Gasteiger partial charge on any atom is -0.344 e. The van der Waals surface area contributed by atoms with Crippen molar-refractivity contribution in [2.45, 2.75) is 33.4 Å². The molecule has 0 fully saturated rings. The number of rotatable bonds is 3. The molecule has 1 aliphatic carbocycles. The topological polar surface area (TPSA) is 24.9 Å². The van der Waals surface area contributed by atoms with Crippen LogP contribution in [0.15, 0.2) is 42.3 Å². The van der Waals surface area contributed by atoms with E-state index < -0.39 is 6.17 Å². The number of hydrogen-bond donors (Lipinski definition) is 1. The summed E-state index contributed by atoms with van der Waals surface area (Å²) in [5.74, 6) is 0.817. The van der Waals surface area contributed by atoms with Crippen LogP contribution in [0, 0.1) is 6.92 Å². The van der Waals surface area contributed by atoms with Crippen LogP contribution >= 0.6 is 0 Å². The molecule has 0 saturated heterocycles. The number of nitrogens with one attached hydrogen (secondary N) is 1. The molecule has 1 atom stereocenters. The molecule has 0 aromatic carbocycles. The van der Waals surface area contributed by atoms with Crippen LogP contribution in [-0.4, -0.2) is 11.2 Å². The summed E-state index contributed by atoms with van der Waals surface area (Å²) in [6.45, 7) is 9.65. The van der Waals surface area contributed by atoms with Crippen LogP contribution in [0.1, 0.15) is 31.4 Å². The minimum atomic E-state index is -0.859. The molecule has 2 nitrogen and oxygen atoms in total. The predicted molar refractivity (Wildman–Crippen MR) is 78.7 cm³/mol. The molecule has 1 heterocycles. The van der Waals surface area contributed by atoms with Crippen molar-refractivity contribution in [1.29, 1.82) is 0 Å². The van der Waals surface area contributed by atoms with E-state index in [4.69, 9.17) is 0 Å². The maximum absolute atomic E-state index is 13.3. The number of anilines is 1. The summed E-state index contributed by atoms with van der Waals surface area (Å²) in [7, 11) is 0. The summed E-state index contributed by atoms with van der Waals surface area (Å²) in [4.78, 5) is 4.41. The molecule has 3 heteroatoms. The minimum absolute atomic E-state index is 0.442. The van der Waals surface area contributed by atoms with Gasteiger partial charge in [-0.05, 0) is 49.6 Å². The molecule has 1 aromatic heterocycles. The third kappa shape index (κ3) is 3.11. The molecule has 100 valence electrons. The van der Waals surface area contributed by atoms with Crippen molar-refractivity contribution < 1.29 is 4.39 Å². The summed E-state index contributed by atoms with van der Waals surface area (Å²) < 4.78 is 13.3. The lowest BCUT2D eigenvalue weighted by molar-refractivity contribution is 0.400. The quantitative estimate of drug-likeness (QED) is 0.868. The highest BCUT2D eigenvalue weighted by atomic mass is 19.1.